The lowest BCUT2D eigenvalue weighted by Gasteiger charge is -2.33. The summed E-state index contributed by atoms with van der Waals surface area (Å²) in [4.78, 5) is 28.8. The van der Waals surface area contributed by atoms with Gasteiger partial charge < -0.3 is 15.0 Å². The van der Waals surface area contributed by atoms with Crippen molar-refractivity contribution in [2.24, 2.45) is 0 Å². The Kier molecular flexibility index (Phi) is 10.6. The van der Waals surface area contributed by atoms with Gasteiger partial charge in [0, 0.05) is 12.6 Å². The molecule has 8 nitrogen and oxygen atoms in total. The van der Waals surface area contributed by atoms with Crippen molar-refractivity contribution < 1.29 is 22.7 Å². The highest BCUT2D eigenvalue weighted by molar-refractivity contribution is 7.92. The minimum Gasteiger partial charge on any atom is -0.497 e. The average Bonchev–Trinajstić information content (AvgIpc) is 2.95. The van der Waals surface area contributed by atoms with Crippen LogP contribution >= 0.6 is 0 Å². The molecule has 0 saturated heterocycles. The Morgan fingerprint density at radius 1 is 0.927 bits per heavy atom. The predicted molar refractivity (Wildman–Crippen MR) is 163 cm³/mol. The molecule has 0 radical (unpaired) electrons. The molecule has 3 aromatic carbocycles. The number of nitrogens with one attached hydrogen (secondary N) is 1. The maximum Gasteiger partial charge on any atom is 0.264 e. The number of rotatable bonds is 12. The maximum atomic E-state index is 14.1. The van der Waals surface area contributed by atoms with Crippen molar-refractivity contribution in [2.45, 2.75) is 71.5 Å². The summed E-state index contributed by atoms with van der Waals surface area (Å²) < 4.78 is 34.6. The molecule has 0 saturated carbocycles. The third-order valence-electron chi connectivity index (χ3n) is 7.18. The summed E-state index contributed by atoms with van der Waals surface area (Å²) in [7, 11) is -2.57. The Morgan fingerprint density at radius 3 is 2.22 bits per heavy atom. The van der Waals surface area contributed by atoms with Gasteiger partial charge in [-0.25, -0.2) is 8.42 Å². The van der Waals surface area contributed by atoms with Crippen molar-refractivity contribution in [3.05, 3.63) is 89.0 Å². The van der Waals surface area contributed by atoms with Crippen LogP contribution in [0, 0.1) is 20.8 Å². The van der Waals surface area contributed by atoms with Gasteiger partial charge in [-0.1, -0.05) is 48.9 Å². The molecule has 0 aliphatic heterocycles. The first-order valence-electron chi connectivity index (χ1n) is 13.8. The maximum absolute atomic E-state index is 14.1. The smallest absolute Gasteiger partial charge is 0.264 e. The summed E-state index contributed by atoms with van der Waals surface area (Å²) in [5.41, 5.74) is 3.65. The molecule has 0 bridgehead atoms. The topological polar surface area (TPSA) is 96.0 Å². The molecule has 2 atom stereocenters. The number of carbonyl (C=O) groups is 2. The minimum absolute atomic E-state index is 0.0768. The lowest BCUT2D eigenvalue weighted by atomic mass is 10.1. The molecule has 1 N–H and O–H groups in total. The van der Waals surface area contributed by atoms with Crippen molar-refractivity contribution in [1.29, 1.82) is 0 Å². The number of amides is 2. The number of anilines is 1. The number of carbonyl (C=O) groups excluding carboxylic acids is 2. The van der Waals surface area contributed by atoms with Crippen LogP contribution in [0.4, 0.5) is 5.69 Å². The van der Waals surface area contributed by atoms with E-state index < -0.39 is 28.5 Å². The van der Waals surface area contributed by atoms with Crippen LogP contribution in [0.2, 0.25) is 0 Å². The van der Waals surface area contributed by atoms with E-state index in [-0.39, 0.29) is 23.4 Å². The number of methoxy groups -OCH3 is 1. The van der Waals surface area contributed by atoms with Gasteiger partial charge in [0.05, 0.1) is 17.7 Å². The molecule has 41 heavy (non-hydrogen) atoms. The summed E-state index contributed by atoms with van der Waals surface area (Å²) >= 11 is 0. The van der Waals surface area contributed by atoms with E-state index in [1.807, 2.05) is 58.9 Å². The molecular weight excluding hydrogens is 538 g/mol. The van der Waals surface area contributed by atoms with Gasteiger partial charge in [0.1, 0.15) is 18.3 Å². The largest absolute Gasteiger partial charge is 0.497 e. The first-order valence-corrected chi connectivity index (χ1v) is 15.2. The highest BCUT2D eigenvalue weighted by atomic mass is 32.2. The van der Waals surface area contributed by atoms with E-state index in [1.165, 1.54) is 4.90 Å². The van der Waals surface area contributed by atoms with E-state index in [0.29, 0.717) is 17.0 Å². The lowest BCUT2D eigenvalue weighted by Crippen LogP contribution is -2.52. The molecule has 0 unspecified atom stereocenters. The van der Waals surface area contributed by atoms with Crippen molar-refractivity contribution in [3.8, 4) is 5.75 Å². The zero-order chi connectivity index (χ0) is 30.3. The summed E-state index contributed by atoms with van der Waals surface area (Å²) in [6.45, 7) is 10.7. The molecule has 0 fully saturated rings. The SMILES string of the molecule is CC[C@@H](C)NC(=O)[C@H](C)N(Cc1cccc(OC)c1)C(=O)CN(c1cc(C)ccc1C)S(=O)(=O)c1ccc(C)cc1. The second kappa shape index (κ2) is 13.7. The van der Waals surface area contributed by atoms with Crippen LogP contribution in [0.5, 0.6) is 5.75 Å². The van der Waals surface area contributed by atoms with Crippen LogP contribution < -0.4 is 14.4 Å². The number of benzene rings is 3. The first kappa shape index (κ1) is 31.7. The first-order chi connectivity index (χ1) is 19.4. The second-order valence-electron chi connectivity index (χ2n) is 10.5. The summed E-state index contributed by atoms with van der Waals surface area (Å²) in [6, 6.07) is 18.4. The van der Waals surface area contributed by atoms with E-state index in [0.717, 1.165) is 27.4 Å². The molecule has 3 rings (SSSR count). The van der Waals surface area contributed by atoms with Gasteiger partial charge in [-0.3, -0.25) is 13.9 Å². The molecule has 0 aliphatic rings. The molecule has 0 aliphatic carbocycles. The van der Waals surface area contributed by atoms with Gasteiger partial charge >= 0.3 is 0 Å². The average molecular weight is 580 g/mol. The van der Waals surface area contributed by atoms with Gasteiger partial charge in [0.25, 0.3) is 10.0 Å². The highest BCUT2D eigenvalue weighted by Crippen LogP contribution is 2.29. The van der Waals surface area contributed by atoms with E-state index in [2.05, 4.69) is 5.32 Å². The Morgan fingerprint density at radius 2 is 1.59 bits per heavy atom. The van der Waals surface area contributed by atoms with Crippen molar-refractivity contribution in [3.63, 3.8) is 0 Å². The zero-order valence-corrected chi connectivity index (χ0v) is 25.8. The van der Waals surface area contributed by atoms with Crippen LogP contribution in [0.15, 0.2) is 71.6 Å². The molecule has 220 valence electrons. The standard InChI is InChI=1S/C32H41N3O5S/c1-8-25(5)33-32(37)26(6)34(20-27-10-9-11-28(19-27)40-7)31(36)21-35(30-18-23(3)12-15-24(30)4)41(38,39)29-16-13-22(2)14-17-29/h9-19,25-26H,8,20-21H2,1-7H3,(H,33,37)/t25-,26+/m1/s1. The van der Waals surface area contributed by atoms with Crippen LogP contribution in [-0.4, -0.2) is 50.9 Å². The predicted octanol–water partition coefficient (Wildman–Crippen LogP) is 5.15. The van der Waals surface area contributed by atoms with E-state index in [4.69, 9.17) is 4.74 Å². The minimum atomic E-state index is -4.13. The molecular formula is C32H41N3O5S. The van der Waals surface area contributed by atoms with Gasteiger partial charge in [-0.05, 0) is 88.1 Å². The number of ether oxygens (including phenoxy) is 1. The molecule has 0 spiro atoms. The molecule has 0 aromatic heterocycles. The zero-order valence-electron chi connectivity index (χ0n) is 25.0. The highest BCUT2D eigenvalue weighted by Gasteiger charge is 2.33. The normalized spacial score (nSPS) is 12.8. The Hall–Kier alpha value is -3.85. The quantitative estimate of drug-likeness (QED) is 0.320. The lowest BCUT2D eigenvalue weighted by molar-refractivity contribution is -0.139. The van der Waals surface area contributed by atoms with E-state index in [1.54, 1.807) is 56.5 Å². The second-order valence-corrected chi connectivity index (χ2v) is 12.3. The van der Waals surface area contributed by atoms with Crippen molar-refractivity contribution in [1.82, 2.24) is 10.2 Å². The number of aryl methyl sites for hydroxylation is 3. The number of hydrogen-bond acceptors (Lipinski definition) is 5. The fourth-order valence-electron chi connectivity index (χ4n) is 4.35. The molecule has 0 heterocycles. The van der Waals surface area contributed by atoms with Crippen LogP contribution in [-0.2, 0) is 26.2 Å². The number of nitrogens with zero attached hydrogens (tertiary/aromatic N) is 2. The fourth-order valence-corrected chi connectivity index (χ4v) is 5.83. The third-order valence-corrected chi connectivity index (χ3v) is 8.95. The fraction of sp³-hybridized carbons (Fsp3) is 0.375. The summed E-state index contributed by atoms with van der Waals surface area (Å²) in [5.74, 6) is -0.197. The van der Waals surface area contributed by atoms with Gasteiger partial charge in [-0.2, -0.15) is 0 Å². The van der Waals surface area contributed by atoms with Crippen LogP contribution in [0.1, 0.15) is 49.4 Å². The van der Waals surface area contributed by atoms with Gasteiger partial charge in [-0.15, -0.1) is 0 Å². The van der Waals surface area contributed by atoms with Crippen LogP contribution in [0.25, 0.3) is 0 Å². The van der Waals surface area contributed by atoms with Crippen LogP contribution in [0.3, 0.4) is 0 Å². The monoisotopic (exact) mass is 579 g/mol. The Balaban J connectivity index is 2.08. The number of sulfonamides is 1. The van der Waals surface area contributed by atoms with E-state index >= 15 is 0 Å². The molecule has 9 heteroatoms. The Labute approximate surface area is 244 Å². The van der Waals surface area contributed by atoms with Gasteiger partial charge in [0.2, 0.25) is 11.8 Å². The number of hydrogen-bond donors (Lipinski definition) is 1. The molecule has 3 aromatic rings. The Bertz CT molecular complexity index is 1470. The van der Waals surface area contributed by atoms with Gasteiger partial charge in [0.15, 0.2) is 0 Å². The van der Waals surface area contributed by atoms with Crippen molar-refractivity contribution >= 4 is 27.5 Å². The molecule has 2 amide bonds. The summed E-state index contributed by atoms with van der Waals surface area (Å²) in [5, 5.41) is 2.95. The van der Waals surface area contributed by atoms with Crippen molar-refractivity contribution in [2.75, 3.05) is 18.0 Å². The summed E-state index contributed by atoms with van der Waals surface area (Å²) in [6.07, 6.45) is 0.734. The third kappa shape index (κ3) is 7.88. The van der Waals surface area contributed by atoms with E-state index in [9.17, 15) is 18.0 Å².